The van der Waals surface area contributed by atoms with E-state index in [0.29, 0.717) is 10.6 Å². The summed E-state index contributed by atoms with van der Waals surface area (Å²) in [5.74, 6) is -0.969. The zero-order valence-corrected chi connectivity index (χ0v) is 10.5. The van der Waals surface area contributed by atoms with Gasteiger partial charge in [0.05, 0.1) is 6.61 Å². The third-order valence-corrected chi connectivity index (χ3v) is 2.42. The number of rotatable bonds is 4. The second-order valence-corrected chi connectivity index (χ2v) is 3.76. The van der Waals surface area contributed by atoms with Crippen LogP contribution in [-0.4, -0.2) is 18.4 Å². The maximum atomic E-state index is 11.5. The maximum absolute atomic E-state index is 11.5. The summed E-state index contributed by atoms with van der Waals surface area (Å²) >= 11 is 5.95. The molecule has 0 aliphatic carbocycles. The van der Waals surface area contributed by atoms with Crippen molar-refractivity contribution in [3.63, 3.8) is 0 Å². The lowest BCUT2D eigenvalue weighted by atomic mass is 10.1. The van der Waals surface area contributed by atoms with Gasteiger partial charge in [0, 0.05) is 5.02 Å². The molecule has 3 nitrogen and oxygen atoms in total. The van der Waals surface area contributed by atoms with Crippen molar-refractivity contribution in [3.05, 3.63) is 40.4 Å². The number of hydrogen-bond acceptors (Lipinski definition) is 3. The second-order valence-electron chi connectivity index (χ2n) is 3.36. The van der Waals surface area contributed by atoms with Gasteiger partial charge < -0.3 is 4.74 Å². The fraction of sp³-hybridized carbons (Fsp3) is 0.231. The molecule has 4 heteroatoms. The molecule has 0 saturated heterocycles. The van der Waals surface area contributed by atoms with E-state index >= 15 is 0 Å². The molecule has 1 aromatic carbocycles. The van der Waals surface area contributed by atoms with E-state index in [1.54, 1.807) is 31.2 Å². The van der Waals surface area contributed by atoms with Gasteiger partial charge in [0.1, 0.15) is 5.57 Å². The largest absolute Gasteiger partial charge is 0.462 e. The van der Waals surface area contributed by atoms with Crippen LogP contribution in [0.4, 0.5) is 0 Å². The van der Waals surface area contributed by atoms with E-state index in [-0.39, 0.29) is 18.0 Å². The highest BCUT2D eigenvalue weighted by atomic mass is 35.5. The Balaban J connectivity index is 3.11. The zero-order valence-electron chi connectivity index (χ0n) is 9.70. The van der Waals surface area contributed by atoms with Crippen LogP contribution in [0.2, 0.25) is 5.02 Å². The summed E-state index contributed by atoms with van der Waals surface area (Å²) < 4.78 is 4.81. The van der Waals surface area contributed by atoms with E-state index in [0.717, 1.165) is 0 Å². The number of halogens is 1. The standard InChI is InChI=1S/C13H13ClO3/c1-3-17-13(16)11(9(2)15)8-10-6-4-5-7-12(10)14/h4-8H,3H2,1-2H3/b11-8+. The molecule has 0 aliphatic rings. The van der Waals surface area contributed by atoms with Gasteiger partial charge in [-0.25, -0.2) is 4.79 Å². The molecule has 0 radical (unpaired) electrons. The molecule has 0 spiro atoms. The van der Waals surface area contributed by atoms with Gasteiger partial charge in [0.2, 0.25) is 0 Å². The lowest BCUT2D eigenvalue weighted by Gasteiger charge is -2.04. The molecule has 0 saturated carbocycles. The number of carbonyl (C=O) groups excluding carboxylic acids is 2. The number of ketones is 1. The van der Waals surface area contributed by atoms with Crippen LogP contribution in [0.25, 0.3) is 6.08 Å². The molecule has 90 valence electrons. The van der Waals surface area contributed by atoms with Gasteiger partial charge in [0.15, 0.2) is 5.78 Å². The van der Waals surface area contributed by atoms with Crippen molar-refractivity contribution in [2.24, 2.45) is 0 Å². The average molecular weight is 253 g/mol. The quantitative estimate of drug-likeness (QED) is 0.358. The van der Waals surface area contributed by atoms with Crippen LogP contribution in [-0.2, 0) is 14.3 Å². The van der Waals surface area contributed by atoms with E-state index in [2.05, 4.69) is 0 Å². The van der Waals surface area contributed by atoms with Gasteiger partial charge in [0.25, 0.3) is 0 Å². The number of carbonyl (C=O) groups is 2. The van der Waals surface area contributed by atoms with Crippen LogP contribution in [0.5, 0.6) is 0 Å². The monoisotopic (exact) mass is 252 g/mol. The highest BCUT2D eigenvalue weighted by Gasteiger charge is 2.15. The summed E-state index contributed by atoms with van der Waals surface area (Å²) in [6.07, 6.45) is 1.45. The van der Waals surface area contributed by atoms with E-state index in [1.165, 1.54) is 13.0 Å². The summed E-state index contributed by atoms with van der Waals surface area (Å²) in [5, 5.41) is 0.482. The fourth-order valence-electron chi connectivity index (χ4n) is 1.26. The third-order valence-electron chi connectivity index (χ3n) is 2.08. The van der Waals surface area contributed by atoms with Gasteiger partial charge in [-0.3, -0.25) is 4.79 Å². The average Bonchev–Trinajstić information content (AvgIpc) is 2.27. The van der Waals surface area contributed by atoms with Crippen molar-refractivity contribution in [2.75, 3.05) is 6.61 Å². The predicted octanol–water partition coefficient (Wildman–Crippen LogP) is 2.88. The first-order valence-corrected chi connectivity index (χ1v) is 5.58. The molecule has 0 aliphatic heterocycles. The number of ether oxygens (including phenoxy) is 1. The summed E-state index contributed by atoms with van der Waals surface area (Å²) in [6, 6.07) is 6.97. The maximum Gasteiger partial charge on any atom is 0.341 e. The van der Waals surface area contributed by atoms with Crippen molar-refractivity contribution in [1.29, 1.82) is 0 Å². The number of hydrogen-bond donors (Lipinski definition) is 0. The molecule has 17 heavy (non-hydrogen) atoms. The second kappa shape index (κ2) is 6.21. The zero-order chi connectivity index (χ0) is 12.8. The van der Waals surface area contributed by atoms with Gasteiger partial charge in [-0.05, 0) is 31.6 Å². The topological polar surface area (TPSA) is 43.4 Å². The number of benzene rings is 1. The molecule has 0 unspecified atom stereocenters. The summed E-state index contributed by atoms with van der Waals surface area (Å²) in [5.41, 5.74) is 0.618. The minimum atomic E-state index is -0.625. The minimum absolute atomic E-state index is 0.0000463. The van der Waals surface area contributed by atoms with Crippen LogP contribution in [0, 0.1) is 0 Å². The first kappa shape index (κ1) is 13.5. The van der Waals surface area contributed by atoms with Gasteiger partial charge >= 0.3 is 5.97 Å². The first-order valence-electron chi connectivity index (χ1n) is 5.20. The van der Waals surface area contributed by atoms with Crippen LogP contribution in [0.3, 0.4) is 0 Å². The molecular weight excluding hydrogens is 240 g/mol. The Labute approximate surface area is 105 Å². The van der Waals surface area contributed by atoms with Gasteiger partial charge in [-0.2, -0.15) is 0 Å². The van der Waals surface area contributed by atoms with E-state index in [9.17, 15) is 9.59 Å². The van der Waals surface area contributed by atoms with Crippen LogP contribution < -0.4 is 0 Å². The van der Waals surface area contributed by atoms with Gasteiger partial charge in [-0.1, -0.05) is 29.8 Å². The Hall–Kier alpha value is -1.61. The Morgan fingerprint density at radius 2 is 2.00 bits per heavy atom. The molecule has 0 fully saturated rings. The third kappa shape index (κ3) is 3.71. The molecule has 1 aromatic rings. The van der Waals surface area contributed by atoms with Crippen molar-refractivity contribution in [2.45, 2.75) is 13.8 Å². The Morgan fingerprint density at radius 3 is 2.53 bits per heavy atom. The molecule has 0 aromatic heterocycles. The fourth-order valence-corrected chi connectivity index (χ4v) is 1.45. The van der Waals surface area contributed by atoms with Crippen molar-refractivity contribution in [3.8, 4) is 0 Å². The Morgan fingerprint density at radius 1 is 1.35 bits per heavy atom. The van der Waals surface area contributed by atoms with Crippen molar-refractivity contribution >= 4 is 29.4 Å². The predicted molar refractivity (Wildman–Crippen MR) is 66.7 cm³/mol. The first-order chi connectivity index (χ1) is 8.06. The summed E-state index contributed by atoms with van der Waals surface area (Å²) in [6.45, 7) is 3.23. The normalized spacial score (nSPS) is 11.1. The van der Waals surface area contributed by atoms with Crippen molar-refractivity contribution < 1.29 is 14.3 Å². The van der Waals surface area contributed by atoms with Crippen LogP contribution in [0.15, 0.2) is 29.8 Å². The Bertz CT molecular complexity index is 463. The molecule has 1 rings (SSSR count). The highest BCUT2D eigenvalue weighted by molar-refractivity contribution is 6.32. The van der Waals surface area contributed by atoms with E-state index < -0.39 is 5.97 Å². The number of esters is 1. The van der Waals surface area contributed by atoms with E-state index in [1.807, 2.05) is 0 Å². The SMILES string of the molecule is CCOC(=O)/C(=C/c1ccccc1Cl)C(C)=O. The smallest absolute Gasteiger partial charge is 0.341 e. The molecule has 0 amide bonds. The molecule has 0 atom stereocenters. The minimum Gasteiger partial charge on any atom is -0.462 e. The molecule has 0 N–H and O–H groups in total. The molecule has 0 bridgehead atoms. The lowest BCUT2D eigenvalue weighted by Crippen LogP contribution is -2.13. The molecule has 0 heterocycles. The Kier molecular flexibility index (Phi) is 4.91. The van der Waals surface area contributed by atoms with E-state index in [4.69, 9.17) is 16.3 Å². The van der Waals surface area contributed by atoms with Crippen LogP contribution >= 0.6 is 11.6 Å². The summed E-state index contributed by atoms with van der Waals surface area (Å²) in [4.78, 5) is 22.9. The van der Waals surface area contributed by atoms with Crippen LogP contribution in [0.1, 0.15) is 19.4 Å². The number of Topliss-reactive ketones (excluding diaryl/α,β-unsaturated/α-hetero) is 1. The lowest BCUT2D eigenvalue weighted by molar-refractivity contribution is -0.139. The summed E-state index contributed by atoms with van der Waals surface area (Å²) in [7, 11) is 0. The van der Waals surface area contributed by atoms with Crippen molar-refractivity contribution in [1.82, 2.24) is 0 Å². The highest BCUT2D eigenvalue weighted by Crippen LogP contribution is 2.19. The molecular formula is C13H13ClO3. The van der Waals surface area contributed by atoms with Gasteiger partial charge in [-0.15, -0.1) is 0 Å².